The fraction of sp³-hybridized carbons (Fsp3) is 0.333. The second-order valence-corrected chi connectivity index (χ2v) is 4.88. The SMILES string of the molecule is CCNC(c1ccc(Br)o1)c1ccccc1OCC. The number of para-hydroxylation sites is 1. The normalized spacial score (nSPS) is 12.4. The summed E-state index contributed by atoms with van der Waals surface area (Å²) in [7, 11) is 0. The van der Waals surface area contributed by atoms with E-state index >= 15 is 0 Å². The van der Waals surface area contributed by atoms with Crippen molar-refractivity contribution in [1.82, 2.24) is 5.32 Å². The summed E-state index contributed by atoms with van der Waals surface area (Å²) in [6.07, 6.45) is 0. The van der Waals surface area contributed by atoms with Gasteiger partial charge in [-0.25, -0.2) is 0 Å². The van der Waals surface area contributed by atoms with Crippen LogP contribution in [0.1, 0.15) is 31.2 Å². The van der Waals surface area contributed by atoms with Crippen molar-refractivity contribution in [2.24, 2.45) is 0 Å². The topological polar surface area (TPSA) is 34.4 Å². The van der Waals surface area contributed by atoms with Crippen LogP contribution >= 0.6 is 15.9 Å². The zero-order valence-corrected chi connectivity index (χ0v) is 12.7. The summed E-state index contributed by atoms with van der Waals surface area (Å²) in [6.45, 7) is 5.57. The Kier molecular flexibility index (Phi) is 5.05. The molecule has 0 aliphatic carbocycles. The smallest absolute Gasteiger partial charge is 0.169 e. The molecule has 102 valence electrons. The molecule has 1 aromatic heterocycles. The van der Waals surface area contributed by atoms with Crippen molar-refractivity contribution in [3.8, 4) is 5.75 Å². The molecular formula is C15H18BrNO2. The second-order valence-electron chi connectivity index (χ2n) is 4.10. The third-order valence-electron chi connectivity index (χ3n) is 2.82. The number of halogens is 1. The average Bonchev–Trinajstić information content (AvgIpc) is 2.84. The molecule has 1 N–H and O–H groups in total. The number of hydrogen-bond donors (Lipinski definition) is 1. The molecule has 0 saturated heterocycles. The molecule has 0 radical (unpaired) electrons. The minimum Gasteiger partial charge on any atom is -0.494 e. The average molecular weight is 324 g/mol. The Morgan fingerprint density at radius 1 is 1.21 bits per heavy atom. The quantitative estimate of drug-likeness (QED) is 0.867. The van der Waals surface area contributed by atoms with Gasteiger partial charge in [-0.15, -0.1) is 0 Å². The van der Waals surface area contributed by atoms with Crippen LogP contribution in [-0.2, 0) is 0 Å². The first-order chi connectivity index (χ1) is 9.26. The van der Waals surface area contributed by atoms with E-state index in [1.807, 2.05) is 37.3 Å². The van der Waals surface area contributed by atoms with Crippen LogP contribution in [0, 0.1) is 0 Å². The highest BCUT2D eigenvalue weighted by atomic mass is 79.9. The van der Waals surface area contributed by atoms with E-state index in [0.717, 1.165) is 28.3 Å². The van der Waals surface area contributed by atoms with Crippen molar-refractivity contribution < 1.29 is 9.15 Å². The maximum atomic E-state index is 5.70. The molecule has 3 nitrogen and oxygen atoms in total. The highest BCUT2D eigenvalue weighted by molar-refractivity contribution is 9.10. The maximum Gasteiger partial charge on any atom is 0.169 e. The molecular weight excluding hydrogens is 306 g/mol. The summed E-state index contributed by atoms with van der Waals surface area (Å²) in [6, 6.07) is 11.9. The van der Waals surface area contributed by atoms with Gasteiger partial charge in [0.1, 0.15) is 11.5 Å². The van der Waals surface area contributed by atoms with Gasteiger partial charge in [0, 0.05) is 5.56 Å². The van der Waals surface area contributed by atoms with Gasteiger partial charge in [-0.2, -0.15) is 0 Å². The van der Waals surface area contributed by atoms with E-state index in [1.165, 1.54) is 0 Å². The lowest BCUT2D eigenvalue weighted by atomic mass is 10.0. The number of ether oxygens (including phenoxy) is 1. The van der Waals surface area contributed by atoms with Crippen molar-refractivity contribution >= 4 is 15.9 Å². The molecule has 1 heterocycles. The van der Waals surface area contributed by atoms with E-state index in [1.54, 1.807) is 0 Å². The summed E-state index contributed by atoms with van der Waals surface area (Å²) >= 11 is 3.35. The van der Waals surface area contributed by atoms with Gasteiger partial charge in [0.25, 0.3) is 0 Å². The Labute approximate surface area is 122 Å². The molecule has 2 aromatic rings. The number of rotatable bonds is 6. The summed E-state index contributed by atoms with van der Waals surface area (Å²) in [5.41, 5.74) is 1.09. The van der Waals surface area contributed by atoms with Gasteiger partial charge >= 0.3 is 0 Å². The highest BCUT2D eigenvalue weighted by Crippen LogP contribution is 2.31. The molecule has 0 spiro atoms. The van der Waals surface area contributed by atoms with E-state index < -0.39 is 0 Å². The van der Waals surface area contributed by atoms with Crippen molar-refractivity contribution in [3.63, 3.8) is 0 Å². The fourth-order valence-corrected chi connectivity index (χ4v) is 2.38. The number of hydrogen-bond acceptors (Lipinski definition) is 3. The molecule has 0 fully saturated rings. The Bertz CT molecular complexity index is 524. The number of nitrogens with one attached hydrogen (secondary N) is 1. The Morgan fingerprint density at radius 2 is 2.00 bits per heavy atom. The zero-order chi connectivity index (χ0) is 13.7. The van der Waals surface area contributed by atoms with Crippen LogP contribution in [0.4, 0.5) is 0 Å². The lowest BCUT2D eigenvalue weighted by Crippen LogP contribution is -2.22. The summed E-state index contributed by atoms with van der Waals surface area (Å²) in [4.78, 5) is 0. The second kappa shape index (κ2) is 6.78. The van der Waals surface area contributed by atoms with Crippen LogP contribution in [0.2, 0.25) is 0 Å². The van der Waals surface area contributed by atoms with Crippen LogP contribution in [0.25, 0.3) is 0 Å². The first-order valence-corrected chi connectivity index (χ1v) is 7.25. The number of benzene rings is 1. The Hall–Kier alpha value is -1.26. The Balaban J connectivity index is 2.38. The molecule has 4 heteroatoms. The molecule has 0 amide bonds. The molecule has 1 unspecified atom stereocenters. The van der Waals surface area contributed by atoms with Gasteiger partial charge in [-0.3, -0.25) is 0 Å². The molecule has 0 bridgehead atoms. The maximum absolute atomic E-state index is 5.70. The standard InChI is InChI=1S/C15H18BrNO2/c1-3-17-15(13-9-10-14(16)19-13)11-7-5-6-8-12(11)18-4-2/h5-10,15,17H,3-4H2,1-2H3. The predicted molar refractivity (Wildman–Crippen MR) is 79.5 cm³/mol. The molecule has 0 saturated carbocycles. The molecule has 19 heavy (non-hydrogen) atoms. The summed E-state index contributed by atoms with van der Waals surface area (Å²) in [5, 5.41) is 3.43. The van der Waals surface area contributed by atoms with Crippen LogP contribution in [0.15, 0.2) is 45.5 Å². The van der Waals surface area contributed by atoms with E-state index in [0.29, 0.717) is 6.61 Å². The van der Waals surface area contributed by atoms with Crippen LogP contribution < -0.4 is 10.1 Å². The molecule has 1 atom stereocenters. The lowest BCUT2D eigenvalue weighted by molar-refractivity contribution is 0.330. The largest absolute Gasteiger partial charge is 0.494 e. The van der Waals surface area contributed by atoms with Gasteiger partial charge in [-0.1, -0.05) is 25.1 Å². The molecule has 2 rings (SSSR count). The van der Waals surface area contributed by atoms with E-state index in [9.17, 15) is 0 Å². The van der Waals surface area contributed by atoms with Crippen molar-refractivity contribution in [1.29, 1.82) is 0 Å². The van der Waals surface area contributed by atoms with Crippen LogP contribution in [-0.4, -0.2) is 13.2 Å². The van der Waals surface area contributed by atoms with Gasteiger partial charge in [-0.05, 0) is 47.6 Å². The third-order valence-corrected chi connectivity index (χ3v) is 3.24. The predicted octanol–water partition coefficient (Wildman–Crippen LogP) is 4.14. The van der Waals surface area contributed by atoms with Crippen molar-refractivity contribution in [2.45, 2.75) is 19.9 Å². The number of furan rings is 1. The monoisotopic (exact) mass is 323 g/mol. The van der Waals surface area contributed by atoms with Crippen LogP contribution in [0.3, 0.4) is 0 Å². The summed E-state index contributed by atoms with van der Waals surface area (Å²) in [5.74, 6) is 1.77. The van der Waals surface area contributed by atoms with Crippen LogP contribution in [0.5, 0.6) is 5.75 Å². The van der Waals surface area contributed by atoms with E-state index in [-0.39, 0.29) is 6.04 Å². The van der Waals surface area contributed by atoms with E-state index in [2.05, 4.69) is 34.2 Å². The van der Waals surface area contributed by atoms with Gasteiger partial charge < -0.3 is 14.5 Å². The first kappa shape index (κ1) is 14.2. The van der Waals surface area contributed by atoms with Gasteiger partial charge in [0.15, 0.2) is 4.67 Å². The van der Waals surface area contributed by atoms with Gasteiger partial charge in [0.2, 0.25) is 0 Å². The lowest BCUT2D eigenvalue weighted by Gasteiger charge is -2.19. The van der Waals surface area contributed by atoms with Crippen molar-refractivity contribution in [2.75, 3.05) is 13.2 Å². The van der Waals surface area contributed by atoms with Gasteiger partial charge in [0.05, 0.1) is 12.6 Å². The van der Waals surface area contributed by atoms with Crippen molar-refractivity contribution in [3.05, 3.63) is 52.4 Å². The molecule has 0 aliphatic rings. The Morgan fingerprint density at radius 3 is 2.63 bits per heavy atom. The fourth-order valence-electron chi connectivity index (χ4n) is 2.06. The molecule has 0 aliphatic heterocycles. The minimum absolute atomic E-state index is 0.000880. The zero-order valence-electron chi connectivity index (χ0n) is 11.2. The minimum atomic E-state index is -0.000880. The first-order valence-electron chi connectivity index (χ1n) is 6.46. The molecule has 1 aromatic carbocycles. The highest BCUT2D eigenvalue weighted by Gasteiger charge is 2.20. The third kappa shape index (κ3) is 3.39. The summed E-state index contributed by atoms with van der Waals surface area (Å²) < 4.78 is 12.1. The van der Waals surface area contributed by atoms with E-state index in [4.69, 9.17) is 9.15 Å².